The van der Waals surface area contributed by atoms with Crippen molar-refractivity contribution in [2.45, 2.75) is 32.2 Å². The van der Waals surface area contributed by atoms with Crippen LogP contribution in [0, 0.1) is 0 Å². The SMILES string of the molecule is CCOC(=O)c1cn(Cc2ccc3ccc(C=NN)cc3c2)cc1Cc1ccc(C=NN)cc1.O=C(O)C(F)(F)F.O=C(O)C(F)(F)F. The number of hydrogen-bond donors (Lipinski definition) is 4. The lowest BCUT2D eigenvalue weighted by molar-refractivity contribution is -0.193. The number of fused-ring (bicyclic) bond motifs is 1. The third kappa shape index (κ3) is 12.1. The second-order valence-electron chi connectivity index (χ2n) is 9.61. The molecule has 1 aromatic heterocycles. The number of carbonyl (C=O) groups excluding carboxylic acids is 1. The molecule has 0 aliphatic heterocycles. The monoisotopic (exact) mass is 681 g/mol. The molecule has 0 bridgehead atoms. The molecule has 0 aliphatic rings. The van der Waals surface area contributed by atoms with Crippen LogP contribution >= 0.6 is 0 Å². The molecule has 0 unspecified atom stereocenters. The maximum atomic E-state index is 12.6. The molecule has 4 rings (SSSR count). The fraction of sp³-hybridized carbons (Fsp3) is 0.194. The lowest BCUT2D eigenvalue weighted by atomic mass is 10.0. The van der Waals surface area contributed by atoms with E-state index in [9.17, 15) is 31.1 Å². The van der Waals surface area contributed by atoms with E-state index < -0.39 is 24.3 Å². The van der Waals surface area contributed by atoms with Crippen molar-refractivity contribution in [1.29, 1.82) is 0 Å². The Labute approximate surface area is 268 Å². The van der Waals surface area contributed by atoms with Gasteiger partial charge in [0.2, 0.25) is 0 Å². The zero-order chi connectivity index (χ0) is 36.1. The van der Waals surface area contributed by atoms with Crippen molar-refractivity contribution in [1.82, 2.24) is 4.57 Å². The minimum Gasteiger partial charge on any atom is -0.475 e. The summed E-state index contributed by atoms with van der Waals surface area (Å²) in [7, 11) is 0. The molecule has 48 heavy (non-hydrogen) atoms. The van der Waals surface area contributed by atoms with Gasteiger partial charge >= 0.3 is 30.3 Å². The van der Waals surface area contributed by atoms with E-state index >= 15 is 0 Å². The molecule has 0 saturated carbocycles. The summed E-state index contributed by atoms with van der Waals surface area (Å²) in [5, 5.41) is 23.7. The van der Waals surface area contributed by atoms with Crippen molar-refractivity contribution in [3.63, 3.8) is 0 Å². The largest absolute Gasteiger partial charge is 0.490 e. The molecular weight excluding hydrogens is 652 g/mol. The zero-order valence-electron chi connectivity index (χ0n) is 25.0. The number of carboxylic acids is 2. The molecule has 4 aromatic rings. The third-order valence-corrected chi connectivity index (χ3v) is 6.06. The van der Waals surface area contributed by atoms with Gasteiger partial charge in [-0.2, -0.15) is 36.5 Å². The lowest BCUT2D eigenvalue weighted by Gasteiger charge is -2.06. The highest BCUT2D eigenvalue weighted by atomic mass is 19.4. The molecule has 3 aromatic carbocycles. The Hall–Kier alpha value is -5.87. The molecule has 17 heteroatoms. The highest BCUT2D eigenvalue weighted by molar-refractivity contribution is 5.92. The van der Waals surface area contributed by atoms with Gasteiger partial charge in [0.25, 0.3) is 0 Å². The predicted octanol–water partition coefficient (Wildman–Crippen LogP) is 5.31. The van der Waals surface area contributed by atoms with Crippen molar-refractivity contribution in [2.75, 3.05) is 6.61 Å². The van der Waals surface area contributed by atoms with Crippen LogP contribution in [0.2, 0.25) is 0 Å². The van der Waals surface area contributed by atoms with Crippen molar-refractivity contribution in [3.05, 3.63) is 106 Å². The Balaban J connectivity index is 0.000000479. The summed E-state index contributed by atoms with van der Waals surface area (Å²) < 4.78 is 70.8. The van der Waals surface area contributed by atoms with Gasteiger partial charge in [0.15, 0.2) is 0 Å². The minimum absolute atomic E-state index is 0.313. The number of hydrogen-bond acceptors (Lipinski definition) is 8. The third-order valence-electron chi connectivity index (χ3n) is 6.06. The maximum absolute atomic E-state index is 12.6. The van der Waals surface area contributed by atoms with Gasteiger partial charge in [-0.05, 0) is 64.1 Å². The van der Waals surface area contributed by atoms with Crippen LogP contribution in [-0.2, 0) is 27.3 Å². The van der Waals surface area contributed by atoms with E-state index in [2.05, 4.69) is 34.5 Å². The van der Waals surface area contributed by atoms with Gasteiger partial charge in [-0.15, -0.1) is 0 Å². The van der Waals surface area contributed by atoms with Gasteiger partial charge in [-0.1, -0.05) is 48.5 Å². The summed E-state index contributed by atoms with van der Waals surface area (Å²) in [6, 6.07) is 20.3. The summed E-state index contributed by atoms with van der Waals surface area (Å²) in [6.45, 7) is 2.77. The van der Waals surface area contributed by atoms with Crippen LogP contribution in [0.25, 0.3) is 10.8 Å². The second-order valence-corrected chi connectivity index (χ2v) is 9.61. The van der Waals surface area contributed by atoms with Gasteiger partial charge in [-0.3, -0.25) is 0 Å². The number of carbonyl (C=O) groups is 3. The fourth-order valence-electron chi connectivity index (χ4n) is 4.00. The molecule has 0 fully saturated rings. The number of rotatable bonds is 8. The molecule has 0 radical (unpaired) electrons. The lowest BCUT2D eigenvalue weighted by Crippen LogP contribution is -2.21. The van der Waals surface area contributed by atoms with Gasteiger partial charge < -0.3 is 31.2 Å². The van der Waals surface area contributed by atoms with E-state index in [4.69, 9.17) is 36.2 Å². The molecule has 0 saturated heterocycles. The Morgan fingerprint density at radius 3 is 1.79 bits per heavy atom. The van der Waals surface area contributed by atoms with Gasteiger partial charge in [0.05, 0.1) is 24.6 Å². The average Bonchev–Trinajstić information content (AvgIpc) is 3.40. The molecule has 0 aliphatic carbocycles. The summed E-state index contributed by atoms with van der Waals surface area (Å²) in [4.78, 5) is 30.4. The van der Waals surface area contributed by atoms with Crippen LogP contribution in [0.1, 0.15) is 45.1 Å². The first-order valence-electron chi connectivity index (χ1n) is 13.5. The molecule has 11 nitrogen and oxygen atoms in total. The fourth-order valence-corrected chi connectivity index (χ4v) is 4.00. The normalized spacial score (nSPS) is 11.5. The van der Waals surface area contributed by atoms with Crippen molar-refractivity contribution in [2.24, 2.45) is 21.9 Å². The minimum atomic E-state index is -5.08. The average molecular weight is 682 g/mol. The van der Waals surface area contributed by atoms with Gasteiger partial charge in [0.1, 0.15) is 0 Å². The first-order chi connectivity index (χ1) is 22.5. The number of alkyl halides is 6. The van der Waals surface area contributed by atoms with Gasteiger partial charge in [-0.25, -0.2) is 14.4 Å². The maximum Gasteiger partial charge on any atom is 0.490 e. The standard InChI is InChI=1S/C27H27N5O2.2C2HF3O2/c1-2-34-27(33)26-18-32(17-25(26)11-19-3-5-20(6-4-19)14-30-28)16-22-8-10-23-9-7-21(15-31-29)12-24(23)13-22;2*3-2(4,5)1(6)7/h3-10,12-15,17-18H,2,11,16,28-29H2,1H3;2*(H,6,7). The number of nitrogens with two attached hydrogens (primary N) is 2. The summed E-state index contributed by atoms with van der Waals surface area (Å²) in [5.41, 5.74) is 5.57. The number of benzene rings is 3. The van der Waals surface area contributed by atoms with E-state index in [0.717, 1.165) is 38.6 Å². The number of carboxylic acid groups (broad SMARTS) is 2. The van der Waals surface area contributed by atoms with Crippen molar-refractivity contribution < 1.29 is 55.7 Å². The molecule has 1 heterocycles. The first kappa shape index (κ1) is 38.3. The molecule has 6 N–H and O–H groups in total. The quantitative estimate of drug-likeness (QED) is 0.0635. The van der Waals surface area contributed by atoms with Crippen molar-refractivity contribution in [3.8, 4) is 0 Å². The summed E-state index contributed by atoms with van der Waals surface area (Å²) in [6.07, 6.45) is -2.45. The smallest absolute Gasteiger partial charge is 0.475 e. The first-order valence-corrected chi connectivity index (χ1v) is 13.5. The number of hydrazone groups is 2. The number of aromatic nitrogens is 1. The number of ether oxygens (including phenoxy) is 1. The molecule has 0 amide bonds. The number of halogens is 6. The van der Waals surface area contributed by atoms with Crippen LogP contribution in [0.15, 0.2) is 83.3 Å². The van der Waals surface area contributed by atoms with Crippen LogP contribution in [-0.4, -0.2) is 64.1 Å². The Morgan fingerprint density at radius 2 is 1.27 bits per heavy atom. The molecule has 0 spiro atoms. The summed E-state index contributed by atoms with van der Waals surface area (Å²) in [5.74, 6) is 4.69. The Kier molecular flexibility index (Phi) is 13.7. The second kappa shape index (κ2) is 17.2. The highest BCUT2D eigenvalue weighted by Gasteiger charge is 2.38. The number of aliphatic carboxylic acids is 2. The van der Waals surface area contributed by atoms with Crippen molar-refractivity contribution >= 4 is 41.1 Å². The van der Waals surface area contributed by atoms with E-state index in [1.165, 1.54) is 0 Å². The zero-order valence-corrected chi connectivity index (χ0v) is 25.0. The summed E-state index contributed by atoms with van der Waals surface area (Å²) >= 11 is 0. The van der Waals surface area contributed by atoms with Crippen LogP contribution < -0.4 is 11.7 Å². The van der Waals surface area contributed by atoms with Crippen LogP contribution in [0.3, 0.4) is 0 Å². The number of nitrogens with zero attached hydrogens (tertiary/aromatic N) is 3. The van der Waals surface area contributed by atoms with Crippen LogP contribution in [0.5, 0.6) is 0 Å². The molecule has 256 valence electrons. The van der Waals surface area contributed by atoms with Gasteiger partial charge in [0, 0.05) is 18.9 Å². The molecular formula is C31H29F6N5O6. The number of esters is 1. The van der Waals surface area contributed by atoms with E-state index in [-0.39, 0.29) is 5.97 Å². The topological polar surface area (TPSA) is 183 Å². The van der Waals surface area contributed by atoms with E-state index in [1.54, 1.807) is 12.4 Å². The van der Waals surface area contributed by atoms with E-state index in [1.807, 2.05) is 60.3 Å². The Morgan fingerprint density at radius 1 is 0.771 bits per heavy atom. The highest BCUT2D eigenvalue weighted by Crippen LogP contribution is 2.22. The predicted molar refractivity (Wildman–Crippen MR) is 164 cm³/mol. The Bertz CT molecular complexity index is 1740. The van der Waals surface area contributed by atoms with Crippen LogP contribution in [0.4, 0.5) is 26.3 Å². The van der Waals surface area contributed by atoms with E-state index in [0.29, 0.717) is 25.1 Å². The molecule has 0 atom stereocenters.